The predicted octanol–water partition coefficient (Wildman–Crippen LogP) is 3.40. The largest absolute Gasteiger partial charge is 0.300 e. The van der Waals surface area contributed by atoms with Crippen LogP contribution in [0.3, 0.4) is 0 Å². The molecule has 1 aromatic carbocycles. The number of Topliss-reactive ketones (excluding diaryl/α,β-unsaturated/α-hetero) is 1. The van der Waals surface area contributed by atoms with E-state index in [9.17, 15) is 4.79 Å². The summed E-state index contributed by atoms with van der Waals surface area (Å²) in [6.07, 6.45) is 3.14. The maximum absolute atomic E-state index is 12.0. The highest BCUT2D eigenvalue weighted by Gasteiger charge is 2.27. The van der Waals surface area contributed by atoms with Gasteiger partial charge in [-0.2, -0.15) is 0 Å². The minimum absolute atomic E-state index is 0.148. The lowest BCUT2D eigenvalue weighted by Crippen LogP contribution is -2.28. The normalized spacial score (nSPS) is 15.2. The van der Waals surface area contributed by atoms with Gasteiger partial charge in [-0.15, -0.1) is 0 Å². The molecule has 0 heterocycles. The van der Waals surface area contributed by atoms with Crippen molar-refractivity contribution in [1.82, 2.24) is 4.90 Å². The number of benzene rings is 1. The van der Waals surface area contributed by atoms with Gasteiger partial charge in [0.1, 0.15) is 0 Å². The fraction of sp³-hybridized carbons (Fsp3) is 0.500. The van der Waals surface area contributed by atoms with Gasteiger partial charge in [0.15, 0.2) is 5.78 Å². The Hall–Kier alpha value is -0.860. The lowest BCUT2D eigenvalue weighted by atomic mass is 10.1. The van der Waals surface area contributed by atoms with Crippen molar-refractivity contribution in [2.24, 2.45) is 0 Å². The predicted molar refractivity (Wildman–Crippen MR) is 70.7 cm³/mol. The van der Waals surface area contributed by atoms with Crippen LogP contribution < -0.4 is 0 Å². The molecule has 1 fully saturated rings. The Morgan fingerprint density at radius 2 is 2.12 bits per heavy atom. The van der Waals surface area contributed by atoms with Crippen molar-refractivity contribution in [3.63, 3.8) is 0 Å². The lowest BCUT2D eigenvalue weighted by molar-refractivity contribution is 0.0964. The zero-order valence-electron chi connectivity index (χ0n) is 10.2. The van der Waals surface area contributed by atoms with Crippen LogP contribution in [0.2, 0.25) is 5.02 Å². The fourth-order valence-corrected chi connectivity index (χ4v) is 2.35. The van der Waals surface area contributed by atoms with Crippen molar-refractivity contribution >= 4 is 17.4 Å². The maximum Gasteiger partial charge on any atom is 0.165 e. The van der Waals surface area contributed by atoms with Crippen LogP contribution in [0, 0.1) is 0 Å². The molecular formula is C14H18ClNO. The third kappa shape index (κ3) is 3.30. The van der Waals surface area contributed by atoms with Crippen molar-refractivity contribution in [3.05, 3.63) is 34.9 Å². The van der Waals surface area contributed by atoms with Gasteiger partial charge in [0, 0.05) is 24.6 Å². The quantitative estimate of drug-likeness (QED) is 0.723. The molecule has 0 amide bonds. The molecule has 2 nitrogen and oxygen atoms in total. The number of rotatable bonds is 6. The first-order chi connectivity index (χ1) is 8.22. The molecule has 3 heteroatoms. The van der Waals surface area contributed by atoms with Crippen molar-refractivity contribution in [3.8, 4) is 0 Å². The van der Waals surface area contributed by atoms with E-state index in [0.717, 1.165) is 19.1 Å². The number of halogens is 1. The van der Waals surface area contributed by atoms with Crippen molar-refractivity contribution in [1.29, 1.82) is 0 Å². The third-order valence-corrected chi connectivity index (χ3v) is 3.60. The molecule has 0 N–H and O–H groups in total. The molecule has 0 atom stereocenters. The number of ketones is 1. The van der Waals surface area contributed by atoms with Crippen molar-refractivity contribution in [2.75, 3.05) is 13.1 Å². The number of carbonyl (C=O) groups is 1. The van der Waals surface area contributed by atoms with Gasteiger partial charge < -0.3 is 4.90 Å². The Morgan fingerprint density at radius 1 is 1.41 bits per heavy atom. The topological polar surface area (TPSA) is 20.3 Å². The van der Waals surface area contributed by atoms with Crippen LogP contribution >= 0.6 is 11.6 Å². The number of hydrogen-bond acceptors (Lipinski definition) is 2. The molecule has 1 aliphatic rings. The summed E-state index contributed by atoms with van der Waals surface area (Å²) in [7, 11) is 0. The zero-order valence-corrected chi connectivity index (χ0v) is 10.9. The van der Waals surface area contributed by atoms with Crippen LogP contribution in [0.15, 0.2) is 24.3 Å². The van der Waals surface area contributed by atoms with Gasteiger partial charge in [-0.3, -0.25) is 4.79 Å². The summed E-state index contributed by atoms with van der Waals surface area (Å²) < 4.78 is 0. The van der Waals surface area contributed by atoms with Gasteiger partial charge in [-0.05, 0) is 31.5 Å². The maximum atomic E-state index is 12.0. The molecule has 0 radical (unpaired) electrons. The molecule has 1 saturated carbocycles. The molecule has 92 valence electrons. The van der Waals surface area contributed by atoms with E-state index in [1.165, 1.54) is 12.8 Å². The zero-order chi connectivity index (χ0) is 12.3. The molecule has 0 unspecified atom stereocenters. The van der Waals surface area contributed by atoms with Crippen LogP contribution in [0.4, 0.5) is 0 Å². The van der Waals surface area contributed by atoms with E-state index in [4.69, 9.17) is 11.6 Å². The molecule has 0 aliphatic heterocycles. The Kier molecular flexibility index (Phi) is 4.19. The van der Waals surface area contributed by atoms with Gasteiger partial charge >= 0.3 is 0 Å². The molecule has 0 aromatic heterocycles. The molecule has 1 aliphatic carbocycles. The van der Waals surface area contributed by atoms with Crippen LogP contribution in [-0.4, -0.2) is 29.8 Å². The highest BCUT2D eigenvalue weighted by Crippen LogP contribution is 2.27. The van der Waals surface area contributed by atoms with E-state index in [1.807, 2.05) is 12.1 Å². The summed E-state index contributed by atoms with van der Waals surface area (Å²) in [5.41, 5.74) is 0.654. The van der Waals surface area contributed by atoms with Crippen LogP contribution in [0.5, 0.6) is 0 Å². The lowest BCUT2D eigenvalue weighted by Gasteiger charge is -2.19. The summed E-state index contributed by atoms with van der Waals surface area (Å²) in [5, 5.41) is 0.562. The summed E-state index contributed by atoms with van der Waals surface area (Å²) in [4.78, 5) is 14.4. The number of nitrogens with zero attached hydrogens (tertiary/aromatic N) is 1. The fourth-order valence-electron chi connectivity index (χ4n) is 2.11. The first-order valence-electron chi connectivity index (χ1n) is 6.24. The van der Waals surface area contributed by atoms with Gasteiger partial charge in [-0.25, -0.2) is 0 Å². The summed E-state index contributed by atoms with van der Waals surface area (Å²) in [6.45, 7) is 4.03. The summed E-state index contributed by atoms with van der Waals surface area (Å²) in [5.74, 6) is 0.148. The summed E-state index contributed by atoms with van der Waals surface area (Å²) >= 11 is 6.01. The minimum Gasteiger partial charge on any atom is -0.300 e. The molecule has 0 bridgehead atoms. The minimum atomic E-state index is 0.148. The molecule has 0 saturated heterocycles. The molecule has 2 rings (SSSR count). The van der Waals surface area contributed by atoms with Crippen LogP contribution in [0.25, 0.3) is 0 Å². The first-order valence-corrected chi connectivity index (χ1v) is 6.62. The van der Waals surface area contributed by atoms with Gasteiger partial charge in [-0.1, -0.05) is 30.7 Å². The highest BCUT2D eigenvalue weighted by molar-refractivity contribution is 6.33. The summed E-state index contributed by atoms with van der Waals surface area (Å²) in [6, 6.07) is 8.00. The molecule has 1 aromatic rings. The van der Waals surface area contributed by atoms with Crippen molar-refractivity contribution < 1.29 is 4.79 Å². The van der Waals surface area contributed by atoms with E-state index >= 15 is 0 Å². The standard InChI is InChI=1S/C14H18ClNO/c1-2-16(11-7-8-11)10-9-14(17)12-5-3-4-6-13(12)15/h3-6,11H,2,7-10H2,1H3. The Labute approximate surface area is 108 Å². The van der Waals surface area contributed by atoms with Crippen LogP contribution in [0.1, 0.15) is 36.5 Å². The Morgan fingerprint density at radius 3 is 2.71 bits per heavy atom. The number of carbonyl (C=O) groups excluding carboxylic acids is 1. The van der Waals surface area contributed by atoms with E-state index < -0.39 is 0 Å². The Balaban J connectivity index is 1.90. The smallest absolute Gasteiger partial charge is 0.165 e. The van der Waals surface area contributed by atoms with Crippen molar-refractivity contribution in [2.45, 2.75) is 32.2 Å². The molecular weight excluding hydrogens is 234 g/mol. The molecule has 0 spiro atoms. The van der Waals surface area contributed by atoms with Gasteiger partial charge in [0.05, 0.1) is 5.02 Å². The first kappa shape index (κ1) is 12.6. The van der Waals surface area contributed by atoms with Gasteiger partial charge in [0.25, 0.3) is 0 Å². The Bertz CT molecular complexity index is 401. The monoisotopic (exact) mass is 251 g/mol. The van der Waals surface area contributed by atoms with E-state index in [2.05, 4.69) is 11.8 Å². The third-order valence-electron chi connectivity index (χ3n) is 3.27. The highest BCUT2D eigenvalue weighted by atomic mass is 35.5. The van der Waals surface area contributed by atoms with E-state index in [-0.39, 0.29) is 5.78 Å². The number of hydrogen-bond donors (Lipinski definition) is 0. The van der Waals surface area contributed by atoms with E-state index in [1.54, 1.807) is 12.1 Å². The van der Waals surface area contributed by atoms with Gasteiger partial charge in [0.2, 0.25) is 0 Å². The van der Waals surface area contributed by atoms with E-state index in [0.29, 0.717) is 17.0 Å². The average Bonchev–Trinajstić information content (AvgIpc) is 3.14. The second-order valence-electron chi connectivity index (χ2n) is 4.51. The SMILES string of the molecule is CCN(CCC(=O)c1ccccc1Cl)C1CC1. The second kappa shape index (κ2) is 5.65. The second-order valence-corrected chi connectivity index (χ2v) is 4.92. The average molecular weight is 252 g/mol. The van der Waals surface area contributed by atoms with Crippen LogP contribution in [-0.2, 0) is 0 Å². The molecule has 17 heavy (non-hydrogen) atoms.